The second-order valence-electron chi connectivity index (χ2n) is 4.26. The van der Waals surface area contributed by atoms with Crippen LogP contribution in [0.15, 0.2) is 0 Å². The van der Waals surface area contributed by atoms with E-state index < -0.39 is 5.97 Å². The molecule has 2 N–H and O–H groups in total. The second-order valence-corrected chi connectivity index (χ2v) is 5.43. The molecule has 0 spiro atoms. The molecule has 0 amide bonds. The lowest BCUT2D eigenvalue weighted by Crippen LogP contribution is -2.21. The second kappa shape index (κ2) is 7.45. The monoisotopic (exact) mass is 272 g/mol. The number of aliphatic carboxylic acids is 1. The highest BCUT2D eigenvalue weighted by molar-refractivity contribution is 7.11. The molecule has 18 heavy (non-hydrogen) atoms. The Kier molecular flexibility index (Phi) is 6.24. The molecule has 0 fully saturated rings. The minimum atomic E-state index is -0.852. The predicted molar refractivity (Wildman–Crippen MR) is 70.9 cm³/mol. The van der Waals surface area contributed by atoms with Crippen molar-refractivity contribution in [1.29, 1.82) is 0 Å². The summed E-state index contributed by atoms with van der Waals surface area (Å²) in [6, 6.07) is 0. The van der Waals surface area contributed by atoms with Crippen molar-refractivity contribution in [3.63, 3.8) is 0 Å². The van der Waals surface area contributed by atoms with E-state index in [0.29, 0.717) is 18.8 Å². The summed E-state index contributed by atoms with van der Waals surface area (Å²) in [7, 11) is 1.90. The van der Waals surface area contributed by atoms with Crippen LogP contribution in [0.5, 0.6) is 0 Å². The third kappa shape index (κ3) is 4.72. The fraction of sp³-hybridized carbons (Fsp3) is 0.667. The summed E-state index contributed by atoms with van der Waals surface area (Å²) < 4.78 is 0. The van der Waals surface area contributed by atoms with E-state index in [0.717, 1.165) is 22.7 Å². The van der Waals surface area contributed by atoms with Crippen LogP contribution < -0.4 is 0 Å². The van der Waals surface area contributed by atoms with E-state index in [2.05, 4.69) is 11.9 Å². The van der Waals surface area contributed by atoms with Gasteiger partial charge in [-0.1, -0.05) is 6.92 Å². The molecule has 0 aliphatic rings. The van der Waals surface area contributed by atoms with Crippen LogP contribution in [0.2, 0.25) is 0 Å². The Morgan fingerprint density at radius 1 is 1.50 bits per heavy atom. The molecule has 1 heterocycles. The summed E-state index contributed by atoms with van der Waals surface area (Å²) >= 11 is 1.58. The number of rotatable bonds is 8. The molecule has 0 saturated carbocycles. The first-order valence-corrected chi connectivity index (χ1v) is 6.87. The van der Waals surface area contributed by atoms with Crippen molar-refractivity contribution in [3.05, 3.63) is 15.6 Å². The van der Waals surface area contributed by atoms with Gasteiger partial charge in [0, 0.05) is 18.0 Å². The summed E-state index contributed by atoms with van der Waals surface area (Å²) in [5.41, 5.74) is 0.667. The number of hydrogen-bond donors (Lipinski definition) is 2. The van der Waals surface area contributed by atoms with Crippen molar-refractivity contribution in [1.82, 2.24) is 9.88 Å². The Hall–Kier alpha value is -0.980. The van der Waals surface area contributed by atoms with Crippen LogP contribution in [-0.4, -0.2) is 46.3 Å². The van der Waals surface area contributed by atoms with Gasteiger partial charge in [0.15, 0.2) is 0 Å². The number of carboxylic acid groups (broad SMARTS) is 1. The first kappa shape index (κ1) is 15.1. The van der Waals surface area contributed by atoms with Crippen molar-refractivity contribution in [2.24, 2.45) is 0 Å². The zero-order chi connectivity index (χ0) is 13.5. The molecule has 1 rings (SSSR count). The number of nitrogens with zero attached hydrogens (tertiary/aromatic N) is 2. The molecule has 0 radical (unpaired) electrons. The van der Waals surface area contributed by atoms with Crippen molar-refractivity contribution in [2.75, 3.05) is 20.2 Å². The minimum absolute atomic E-state index is 0.0253. The van der Waals surface area contributed by atoms with Crippen LogP contribution in [0.1, 0.15) is 28.9 Å². The van der Waals surface area contributed by atoms with Gasteiger partial charge >= 0.3 is 5.97 Å². The van der Waals surface area contributed by atoms with Gasteiger partial charge in [-0.25, -0.2) is 4.98 Å². The highest BCUT2D eigenvalue weighted by atomic mass is 32.1. The number of carbonyl (C=O) groups is 1. The van der Waals surface area contributed by atoms with Crippen LogP contribution in [0.4, 0.5) is 0 Å². The largest absolute Gasteiger partial charge is 0.481 e. The molecule has 0 saturated heterocycles. The number of aromatic nitrogens is 1. The van der Waals surface area contributed by atoms with E-state index in [-0.39, 0.29) is 13.0 Å². The Morgan fingerprint density at radius 3 is 2.78 bits per heavy atom. The van der Waals surface area contributed by atoms with Gasteiger partial charge in [-0.15, -0.1) is 11.3 Å². The molecule has 0 unspecified atom stereocenters. The SMILES string of the molecule is CCCc1nc(CC(=O)O)c(CN(C)CCO)s1. The number of aryl methyl sites for hydroxylation is 1. The Balaban J connectivity index is 2.81. The predicted octanol–water partition coefficient (Wildman–Crippen LogP) is 1.15. The lowest BCUT2D eigenvalue weighted by atomic mass is 10.2. The molecule has 0 aliphatic heterocycles. The van der Waals surface area contributed by atoms with E-state index in [1.807, 2.05) is 11.9 Å². The Bertz CT molecular complexity index is 393. The van der Waals surface area contributed by atoms with E-state index >= 15 is 0 Å². The molecule has 1 aromatic heterocycles. The zero-order valence-electron chi connectivity index (χ0n) is 10.8. The summed E-state index contributed by atoms with van der Waals surface area (Å²) in [5, 5.41) is 18.8. The van der Waals surface area contributed by atoms with Gasteiger partial charge in [0.25, 0.3) is 0 Å². The average molecular weight is 272 g/mol. The summed E-state index contributed by atoms with van der Waals surface area (Å²) in [6.45, 7) is 3.40. The first-order chi connectivity index (χ1) is 8.56. The van der Waals surface area contributed by atoms with E-state index in [1.54, 1.807) is 11.3 Å². The Labute approximate surface area is 111 Å². The normalized spacial score (nSPS) is 11.1. The number of hydrogen-bond acceptors (Lipinski definition) is 5. The molecule has 0 aromatic carbocycles. The molecule has 0 bridgehead atoms. The zero-order valence-corrected chi connectivity index (χ0v) is 11.7. The topological polar surface area (TPSA) is 73.7 Å². The first-order valence-electron chi connectivity index (χ1n) is 6.05. The number of thiazole rings is 1. The number of likely N-dealkylation sites (N-methyl/N-ethyl adjacent to an activating group) is 1. The van der Waals surface area contributed by atoms with E-state index in [9.17, 15) is 4.79 Å². The third-order valence-electron chi connectivity index (χ3n) is 2.50. The molecule has 1 aromatic rings. The van der Waals surface area contributed by atoms with Crippen LogP contribution in [0.3, 0.4) is 0 Å². The van der Waals surface area contributed by atoms with E-state index in [1.165, 1.54) is 0 Å². The number of aliphatic hydroxyl groups excluding tert-OH is 1. The third-order valence-corrected chi connectivity index (χ3v) is 3.64. The van der Waals surface area contributed by atoms with Crippen molar-refractivity contribution < 1.29 is 15.0 Å². The minimum Gasteiger partial charge on any atom is -0.481 e. The molecule has 102 valence electrons. The maximum absolute atomic E-state index is 10.8. The maximum atomic E-state index is 10.8. The molecular formula is C12H20N2O3S. The van der Waals surface area contributed by atoms with Gasteiger partial charge in [-0.3, -0.25) is 9.69 Å². The average Bonchev–Trinajstić information content (AvgIpc) is 2.60. The quantitative estimate of drug-likeness (QED) is 0.742. The highest BCUT2D eigenvalue weighted by Crippen LogP contribution is 2.22. The molecular weight excluding hydrogens is 252 g/mol. The van der Waals surface area contributed by atoms with Gasteiger partial charge < -0.3 is 10.2 Å². The fourth-order valence-corrected chi connectivity index (χ4v) is 2.92. The maximum Gasteiger partial charge on any atom is 0.309 e. The van der Waals surface area contributed by atoms with Crippen molar-refractivity contribution >= 4 is 17.3 Å². The molecule has 5 nitrogen and oxygen atoms in total. The van der Waals surface area contributed by atoms with Gasteiger partial charge in [0.1, 0.15) is 0 Å². The summed E-state index contributed by atoms with van der Waals surface area (Å²) in [6.07, 6.45) is 1.87. The standard InChI is InChI=1S/C12H20N2O3S/c1-3-4-11-13-9(7-12(16)17)10(18-11)8-14(2)5-6-15/h15H,3-8H2,1-2H3,(H,16,17). The van der Waals surface area contributed by atoms with E-state index in [4.69, 9.17) is 10.2 Å². The lowest BCUT2D eigenvalue weighted by Gasteiger charge is -2.13. The highest BCUT2D eigenvalue weighted by Gasteiger charge is 2.15. The smallest absolute Gasteiger partial charge is 0.309 e. The number of aliphatic hydroxyl groups is 1. The lowest BCUT2D eigenvalue weighted by molar-refractivity contribution is -0.136. The van der Waals surface area contributed by atoms with Crippen LogP contribution >= 0.6 is 11.3 Å². The summed E-state index contributed by atoms with van der Waals surface area (Å²) in [5.74, 6) is -0.852. The van der Waals surface area contributed by atoms with Crippen molar-refractivity contribution in [2.45, 2.75) is 32.7 Å². The van der Waals surface area contributed by atoms with Crippen LogP contribution in [0, 0.1) is 0 Å². The van der Waals surface area contributed by atoms with Crippen LogP contribution in [-0.2, 0) is 24.2 Å². The Morgan fingerprint density at radius 2 is 2.22 bits per heavy atom. The fourth-order valence-electron chi connectivity index (χ4n) is 1.66. The molecule has 0 aliphatic carbocycles. The summed E-state index contributed by atoms with van der Waals surface area (Å²) in [4.78, 5) is 18.2. The van der Waals surface area contributed by atoms with Crippen LogP contribution in [0.25, 0.3) is 0 Å². The number of carboxylic acids is 1. The van der Waals surface area contributed by atoms with Gasteiger partial charge in [0.05, 0.1) is 23.7 Å². The molecule has 6 heteroatoms. The van der Waals surface area contributed by atoms with Gasteiger partial charge in [-0.05, 0) is 19.9 Å². The van der Waals surface area contributed by atoms with Gasteiger partial charge in [0.2, 0.25) is 0 Å². The van der Waals surface area contributed by atoms with Gasteiger partial charge in [-0.2, -0.15) is 0 Å². The molecule has 0 atom stereocenters. The van der Waals surface area contributed by atoms with Crippen molar-refractivity contribution in [3.8, 4) is 0 Å².